The minimum absolute atomic E-state index is 0.0170. The smallest absolute Gasteiger partial charge is 0.271 e. The van der Waals surface area contributed by atoms with Gasteiger partial charge in [0.1, 0.15) is 5.69 Å². The fraction of sp³-hybridized carbons (Fsp3) is 0.750. The van der Waals surface area contributed by atoms with Crippen LogP contribution in [0.4, 0.5) is 0 Å². The summed E-state index contributed by atoms with van der Waals surface area (Å²) in [6, 6.07) is 2.55. The molecular weight excluding hydrogens is 264 g/mol. The first-order valence-corrected chi connectivity index (χ1v) is 8.29. The summed E-state index contributed by atoms with van der Waals surface area (Å²) in [7, 11) is 0. The summed E-state index contributed by atoms with van der Waals surface area (Å²) < 4.78 is 1.95. The van der Waals surface area contributed by atoms with Gasteiger partial charge in [-0.2, -0.15) is 5.10 Å². The highest BCUT2D eigenvalue weighted by Crippen LogP contribution is 2.23. The van der Waals surface area contributed by atoms with E-state index in [4.69, 9.17) is 0 Å². The number of carbonyl (C=O) groups is 1. The van der Waals surface area contributed by atoms with Crippen molar-refractivity contribution in [3.8, 4) is 0 Å². The molecule has 1 saturated heterocycles. The lowest BCUT2D eigenvalue weighted by atomic mass is 9.87. The third-order valence-electron chi connectivity index (χ3n) is 4.76. The lowest BCUT2D eigenvalue weighted by molar-refractivity contribution is 0.0915. The van der Waals surface area contributed by atoms with E-state index in [1.54, 1.807) is 0 Å². The zero-order valence-electron chi connectivity index (χ0n) is 12.8. The standard InChI is InChI=1S/C16H26N4O/c1-12-4-2-5-13(10-12)18-16(21)15-7-9-20(19-15)14-6-3-8-17-11-14/h7,9,12-14,17H,2-6,8,10-11H2,1H3,(H,18,21). The van der Waals surface area contributed by atoms with Gasteiger partial charge in [0.05, 0.1) is 6.04 Å². The van der Waals surface area contributed by atoms with Gasteiger partial charge < -0.3 is 10.6 Å². The largest absolute Gasteiger partial charge is 0.348 e. The molecule has 5 heteroatoms. The molecule has 2 aliphatic rings. The van der Waals surface area contributed by atoms with Crippen LogP contribution in [-0.4, -0.2) is 34.8 Å². The Labute approximate surface area is 126 Å². The summed E-state index contributed by atoms with van der Waals surface area (Å²) in [4.78, 5) is 12.3. The van der Waals surface area contributed by atoms with Crippen LogP contribution in [0.2, 0.25) is 0 Å². The minimum atomic E-state index is -0.0170. The Balaban J connectivity index is 1.58. The maximum absolute atomic E-state index is 12.3. The van der Waals surface area contributed by atoms with Crippen LogP contribution < -0.4 is 10.6 Å². The molecule has 3 rings (SSSR count). The van der Waals surface area contributed by atoms with E-state index in [0.29, 0.717) is 17.8 Å². The number of nitrogens with zero attached hydrogens (tertiary/aromatic N) is 2. The highest BCUT2D eigenvalue weighted by atomic mass is 16.2. The van der Waals surface area contributed by atoms with E-state index < -0.39 is 0 Å². The summed E-state index contributed by atoms with van der Waals surface area (Å²) in [5.74, 6) is 0.700. The fourth-order valence-corrected chi connectivity index (χ4v) is 3.55. The monoisotopic (exact) mass is 290 g/mol. The molecule has 3 unspecified atom stereocenters. The molecule has 0 bridgehead atoms. The van der Waals surface area contributed by atoms with Crippen LogP contribution in [0.3, 0.4) is 0 Å². The molecule has 5 nitrogen and oxygen atoms in total. The molecule has 1 amide bonds. The molecule has 116 valence electrons. The molecule has 1 saturated carbocycles. The Morgan fingerprint density at radius 2 is 2.29 bits per heavy atom. The third-order valence-corrected chi connectivity index (χ3v) is 4.76. The van der Waals surface area contributed by atoms with Crippen LogP contribution in [0.1, 0.15) is 62.0 Å². The Hall–Kier alpha value is -1.36. The molecule has 2 fully saturated rings. The quantitative estimate of drug-likeness (QED) is 0.896. The number of aromatic nitrogens is 2. The zero-order valence-corrected chi connectivity index (χ0v) is 12.8. The van der Waals surface area contributed by atoms with Gasteiger partial charge in [-0.05, 0) is 44.2 Å². The normalized spacial score (nSPS) is 30.0. The van der Waals surface area contributed by atoms with Crippen LogP contribution in [0.25, 0.3) is 0 Å². The van der Waals surface area contributed by atoms with Crippen LogP contribution in [0.5, 0.6) is 0 Å². The second-order valence-electron chi connectivity index (χ2n) is 6.62. The second kappa shape index (κ2) is 6.60. The average Bonchev–Trinajstić information content (AvgIpc) is 2.98. The van der Waals surface area contributed by atoms with E-state index in [1.807, 2.05) is 16.9 Å². The molecule has 1 aliphatic heterocycles. The Morgan fingerprint density at radius 3 is 3.05 bits per heavy atom. The first-order chi connectivity index (χ1) is 10.2. The molecule has 1 aromatic rings. The predicted octanol–water partition coefficient (Wildman–Crippen LogP) is 2.12. The van der Waals surface area contributed by atoms with Gasteiger partial charge in [0, 0.05) is 18.8 Å². The van der Waals surface area contributed by atoms with E-state index >= 15 is 0 Å². The maximum Gasteiger partial charge on any atom is 0.271 e. The van der Waals surface area contributed by atoms with E-state index in [-0.39, 0.29) is 5.91 Å². The van der Waals surface area contributed by atoms with E-state index in [9.17, 15) is 4.79 Å². The van der Waals surface area contributed by atoms with Gasteiger partial charge >= 0.3 is 0 Å². The second-order valence-corrected chi connectivity index (χ2v) is 6.62. The van der Waals surface area contributed by atoms with Gasteiger partial charge in [-0.1, -0.05) is 19.8 Å². The summed E-state index contributed by atoms with van der Waals surface area (Å²) in [5.41, 5.74) is 0.554. The molecule has 0 spiro atoms. The maximum atomic E-state index is 12.3. The topological polar surface area (TPSA) is 59.0 Å². The fourth-order valence-electron chi connectivity index (χ4n) is 3.55. The molecule has 0 radical (unpaired) electrons. The number of nitrogens with one attached hydrogen (secondary N) is 2. The molecule has 2 heterocycles. The van der Waals surface area contributed by atoms with Crippen molar-refractivity contribution in [3.63, 3.8) is 0 Å². The molecule has 2 N–H and O–H groups in total. The van der Waals surface area contributed by atoms with Gasteiger partial charge in [0.25, 0.3) is 5.91 Å². The molecule has 0 aromatic carbocycles. The van der Waals surface area contributed by atoms with Crippen molar-refractivity contribution in [1.82, 2.24) is 20.4 Å². The Morgan fingerprint density at radius 1 is 1.38 bits per heavy atom. The van der Waals surface area contributed by atoms with Crippen molar-refractivity contribution < 1.29 is 4.79 Å². The van der Waals surface area contributed by atoms with Gasteiger partial charge in [0.2, 0.25) is 0 Å². The number of piperidine rings is 1. The van der Waals surface area contributed by atoms with Crippen LogP contribution in [0, 0.1) is 5.92 Å². The van der Waals surface area contributed by atoms with Crippen molar-refractivity contribution in [2.45, 2.75) is 57.5 Å². The van der Waals surface area contributed by atoms with Crippen molar-refractivity contribution in [2.24, 2.45) is 5.92 Å². The molecule has 1 aromatic heterocycles. The van der Waals surface area contributed by atoms with Gasteiger partial charge in [-0.15, -0.1) is 0 Å². The third kappa shape index (κ3) is 3.64. The number of hydrogen-bond acceptors (Lipinski definition) is 3. The molecular formula is C16H26N4O. The SMILES string of the molecule is CC1CCCC(NC(=O)c2ccn(C3CCCNC3)n2)C1. The van der Waals surface area contributed by atoms with Gasteiger partial charge in [0.15, 0.2) is 0 Å². The zero-order chi connectivity index (χ0) is 14.7. The minimum Gasteiger partial charge on any atom is -0.348 e. The number of amides is 1. The number of rotatable bonds is 3. The van der Waals surface area contributed by atoms with Crippen LogP contribution in [-0.2, 0) is 0 Å². The van der Waals surface area contributed by atoms with Gasteiger partial charge in [-0.3, -0.25) is 9.48 Å². The summed E-state index contributed by atoms with van der Waals surface area (Å²) in [6.45, 7) is 4.30. The van der Waals surface area contributed by atoms with Crippen LogP contribution in [0.15, 0.2) is 12.3 Å². The Kier molecular flexibility index (Phi) is 4.58. The van der Waals surface area contributed by atoms with E-state index in [0.717, 1.165) is 38.3 Å². The number of carbonyl (C=O) groups excluding carboxylic acids is 1. The number of hydrogen-bond donors (Lipinski definition) is 2. The first-order valence-electron chi connectivity index (χ1n) is 8.29. The van der Waals surface area contributed by atoms with E-state index in [2.05, 4.69) is 22.7 Å². The lowest BCUT2D eigenvalue weighted by Gasteiger charge is -2.27. The van der Waals surface area contributed by atoms with Crippen molar-refractivity contribution in [1.29, 1.82) is 0 Å². The van der Waals surface area contributed by atoms with Crippen LogP contribution >= 0.6 is 0 Å². The summed E-state index contributed by atoms with van der Waals surface area (Å²) in [5, 5.41) is 11.0. The summed E-state index contributed by atoms with van der Waals surface area (Å²) in [6.07, 6.45) is 8.95. The van der Waals surface area contributed by atoms with Crippen molar-refractivity contribution in [2.75, 3.05) is 13.1 Å². The van der Waals surface area contributed by atoms with Crippen molar-refractivity contribution in [3.05, 3.63) is 18.0 Å². The average molecular weight is 290 g/mol. The predicted molar refractivity (Wildman–Crippen MR) is 82.3 cm³/mol. The van der Waals surface area contributed by atoms with Crippen molar-refractivity contribution >= 4 is 5.91 Å². The summed E-state index contributed by atoms with van der Waals surface area (Å²) >= 11 is 0. The Bertz CT molecular complexity index is 478. The highest BCUT2D eigenvalue weighted by Gasteiger charge is 2.22. The van der Waals surface area contributed by atoms with E-state index in [1.165, 1.54) is 19.3 Å². The molecule has 3 atom stereocenters. The van der Waals surface area contributed by atoms with Gasteiger partial charge in [-0.25, -0.2) is 0 Å². The molecule has 1 aliphatic carbocycles. The lowest BCUT2D eigenvalue weighted by Crippen LogP contribution is -2.38. The first kappa shape index (κ1) is 14.6. The highest BCUT2D eigenvalue weighted by molar-refractivity contribution is 5.92. The molecule has 21 heavy (non-hydrogen) atoms.